The van der Waals surface area contributed by atoms with Gasteiger partial charge in [-0.05, 0) is 18.1 Å². The van der Waals surface area contributed by atoms with Crippen molar-refractivity contribution in [2.75, 3.05) is 0 Å². The molecule has 0 aliphatic carbocycles. The number of phenolic OH excluding ortho intramolecular Hbond substituents is 1. The van der Waals surface area contributed by atoms with E-state index in [1.165, 1.54) is 0 Å². The van der Waals surface area contributed by atoms with Gasteiger partial charge in [0.25, 0.3) is 0 Å². The van der Waals surface area contributed by atoms with E-state index in [0.29, 0.717) is 18.1 Å². The van der Waals surface area contributed by atoms with Gasteiger partial charge in [0.1, 0.15) is 5.82 Å². The van der Waals surface area contributed by atoms with Gasteiger partial charge in [0.05, 0.1) is 0 Å². The van der Waals surface area contributed by atoms with Crippen LogP contribution in [0.5, 0.6) is 5.75 Å². The van der Waals surface area contributed by atoms with Gasteiger partial charge in [-0.25, -0.2) is 8.78 Å². The first kappa shape index (κ1) is 9.71. The van der Waals surface area contributed by atoms with Crippen LogP contribution in [0.1, 0.15) is 18.9 Å². The highest BCUT2D eigenvalue weighted by Crippen LogP contribution is 2.29. The summed E-state index contributed by atoms with van der Waals surface area (Å²) in [4.78, 5) is 0. The van der Waals surface area contributed by atoms with E-state index in [2.05, 4.69) is 6.58 Å². The van der Waals surface area contributed by atoms with Crippen LogP contribution in [0.15, 0.2) is 18.7 Å². The number of benzene rings is 1. The second-order valence-electron chi connectivity index (χ2n) is 2.74. The lowest BCUT2D eigenvalue weighted by atomic mass is 10.0. The van der Waals surface area contributed by atoms with Crippen LogP contribution in [0.25, 0.3) is 5.57 Å². The third-order valence-corrected chi connectivity index (χ3v) is 1.84. The third-order valence-electron chi connectivity index (χ3n) is 1.84. The Kier molecular flexibility index (Phi) is 2.66. The van der Waals surface area contributed by atoms with Gasteiger partial charge in [0.15, 0.2) is 11.6 Å². The van der Waals surface area contributed by atoms with E-state index in [-0.39, 0.29) is 5.56 Å². The molecule has 1 rings (SSSR count). The molecule has 13 heavy (non-hydrogen) atoms. The minimum Gasteiger partial charge on any atom is -0.504 e. The highest BCUT2D eigenvalue weighted by atomic mass is 19.1. The zero-order valence-corrected chi connectivity index (χ0v) is 7.27. The van der Waals surface area contributed by atoms with Crippen molar-refractivity contribution < 1.29 is 13.9 Å². The van der Waals surface area contributed by atoms with Gasteiger partial charge < -0.3 is 5.11 Å². The maximum Gasteiger partial charge on any atom is 0.168 e. The predicted molar refractivity (Wildman–Crippen MR) is 47.3 cm³/mol. The lowest BCUT2D eigenvalue weighted by molar-refractivity contribution is 0.426. The molecule has 0 heterocycles. The van der Waals surface area contributed by atoms with Gasteiger partial charge in [0, 0.05) is 11.6 Å². The minimum absolute atomic E-state index is 0.139. The molecule has 0 atom stereocenters. The molecular weight excluding hydrogens is 174 g/mol. The normalized spacial score (nSPS) is 10.1. The molecule has 70 valence electrons. The molecule has 1 aromatic rings. The fourth-order valence-corrected chi connectivity index (χ4v) is 1.03. The summed E-state index contributed by atoms with van der Waals surface area (Å²) in [5, 5.41) is 9.22. The number of hydrogen-bond acceptors (Lipinski definition) is 1. The molecule has 1 aromatic carbocycles. The number of halogens is 2. The van der Waals surface area contributed by atoms with Crippen LogP contribution in [0, 0.1) is 11.6 Å². The summed E-state index contributed by atoms with van der Waals surface area (Å²) in [6.45, 7) is 5.39. The lowest BCUT2D eigenvalue weighted by Gasteiger charge is -2.06. The van der Waals surface area contributed by atoms with Crippen LogP contribution < -0.4 is 0 Å². The van der Waals surface area contributed by atoms with Gasteiger partial charge in [-0.3, -0.25) is 0 Å². The van der Waals surface area contributed by atoms with E-state index in [1.54, 1.807) is 6.92 Å². The van der Waals surface area contributed by atoms with E-state index in [0.717, 1.165) is 6.07 Å². The predicted octanol–water partition coefficient (Wildman–Crippen LogP) is 3.09. The molecule has 0 aliphatic rings. The van der Waals surface area contributed by atoms with Crippen LogP contribution in [0.3, 0.4) is 0 Å². The number of phenols is 1. The van der Waals surface area contributed by atoms with Crippen molar-refractivity contribution in [3.05, 3.63) is 35.9 Å². The monoisotopic (exact) mass is 184 g/mol. The van der Waals surface area contributed by atoms with Crippen LogP contribution >= 0.6 is 0 Å². The maximum absolute atomic E-state index is 12.8. The smallest absolute Gasteiger partial charge is 0.168 e. The van der Waals surface area contributed by atoms with Crippen molar-refractivity contribution >= 4 is 5.57 Å². The molecule has 0 bridgehead atoms. The average molecular weight is 184 g/mol. The minimum atomic E-state index is -0.954. The summed E-state index contributed by atoms with van der Waals surface area (Å²) < 4.78 is 25.5. The summed E-state index contributed by atoms with van der Waals surface area (Å²) in [6.07, 6.45) is 0.538. The Morgan fingerprint density at radius 3 is 2.62 bits per heavy atom. The SMILES string of the molecule is C=C(CC)c1cc(F)cc(F)c1O. The molecule has 3 heteroatoms. The van der Waals surface area contributed by atoms with Crippen molar-refractivity contribution in [2.24, 2.45) is 0 Å². The number of aromatic hydroxyl groups is 1. The summed E-state index contributed by atoms with van der Waals surface area (Å²) in [7, 11) is 0. The highest BCUT2D eigenvalue weighted by Gasteiger charge is 2.11. The van der Waals surface area contributed by atoms with Crippen LogP contribution in [-0.2, 0) is 0 Å². The molecule has 0 saturated carbocycles. The van der Waals surface area contributed by atoms with Gasteiger partial charge in [-0.2, -0.15) is 0 Å². The summed E-state index contributed by atoms with van der Waals surface area (Å²) >= 11 is 0. The van der Waals surface area contributed by atoms with Crippen molar-refractivity contribution in [2.45, 2.75) is 13.3 Å². The third kappa shape index (κ3) is 1.86. The molecule has 0 unspecified atom stereocenters. The highest BCUT2D eigenvalue weighted by molar-refractivity contribution is 5.68. The summed E-state index contributed by atoms with van der Waals surface area (Å²) in [6, 6.07) is 1.71. The Labute approximate surface area is 75.3 Å². The first-order chi connectivity index (χ1) is 6.06. The first-order valence-electron chi connectivity index (χ1n) is 3.92. The number of allylic oxidation sites excluding steroid dienone is 1. The van der Waals surface area contributed by atoms with Crippen molar-refractivity contribution in [3.8, 4) is 5.75 Å². The Balaban J connectivity index is 3.28. The molecule has 0 aromatic heterocycles. The zero-order chi connectivity index (χ0) is 10.0. The second-order valence-corrected chi connectivity index (χ2v) is 2.74. The van der Waals surface area contributed by atoms with Crippen LogP contribution in [0.2, 0.25) is 0 Å². The lowest BCUT2D eigenvalue weighted by Crippen LogP contribution is -1.89. The molecule has 0 amide bonds. The number of rotatable bonds is 2. The van der Waals surface area contributed by atoms with E-state index in [1.807, 2.05) is 0 Å². The maximum atomic E-state index is 12.8. The van der Waals surface area contributed by atoms with Crippen LogP contribution in [0.4, 0.5) is 8.78 Å². The van der Waals surface area contributed by atoms with Crippen molar-refractivity contribution in [1.29, 1.82) is 0 Å². The molecule has 1 nitrogen and oxygen atoms in total. The van der Waals surface area contributed by atoms with E-state index in [9.17, 15) is 13.9 Å². The Bertz CT molecular complexity index is 345. The van der Waals surface area contributed by atoms with Crippen LogP contribution in [-0.4, -0.2) is 5.11 Å². The second kappa shape index (κ2) is 3.56. The largest absolute Gasteiger partial charge is 0.504 e. The molecule has 1 N–H and O–H groups in total. The van der Waals surface area contributed by atoms with Gasteiger partial charge in [-0.1, -0.05) is 13.5 Å². The molecule has 0 aliphatic heterocycles. The van der Waals surface area contributed by atoms with E-state index in [4.69, 9.17) is 0 Å². The fourth-order valence-electron chi connectivity index (χ4n) is 1.03. The first-order valence-corrected chi connectivity index (χ1v) is 3.92. The summed E-state index contributed by atoms with van der Waals surface area (Å²) in [5.74, 6) is -2.20. The molecule has 0 radical (unpaired) electrons. The van der Waals surface area contributed by atoms with Gasteiger partial charge in [0.2, 0.25) is 0 Å². The standard InChI is InChI=1S/C10H10F2O/c1-3-6(2)8-4-7(11)5-9(12)10(8)13/h4-5,13H,2-3H2,1H3. The van der Waals surface area contributed by atoms with Crippen molar-refractivity contribution in [3.63, 3.8) is 0 Å². The topological polar surface area (TPSA) is 20.2 Å². The van der Waals surface area contributed by atoms with E-state index < -0.39 is 17.4 Å². The fraction of sp³-hybridized carbons (Fsp3) is 0.200. The Hall–Kier alpha value is -1.38. The molecular formula is C10H10F2O. The molecule has 0 saturated heterocycles. The quantitative estimate of drug-likeness (QED) is 0.748. The Morgan fingerprint density at radius 1 is 1.46 bits per heavy atom. The Morgan fingerprint density at radius 2 is 2.08 bits per heavy atom. The molecule has 0 fully saturated rings. The van der Waals surface area contributed by atoms with Crippen molar-refractivity contribution in [1.82, 2.24) is 0 Å². The molecule has 0 spiro atoms. The summed E-state index contributed by atoms with van der Waals surface area (Å²) in [5.41, 5.74) is 0.649. The van der Waals surface area contributed by atoms with Gasteiger partial charge in [-0.15, -0.1) is 0 Å². The van der Waals surface area contributed by atoms with Gasteiger partial charge >= 0.3 is 0 Å². The number of hydrogen-bond donors (Lipinski definition) is 1. The zero-order valence-electron chi connectivity index (χ0n) is 7.27. The average Bonchev–Trinajstić information content (AvgIpc) is 2.10. The van der Waals surface area contributed by atoms with E-state index >= 15 is 0 Å².